The molecule has 0 aromatic heterocycles. The van der Waals surface area contributed by atoms with Gasteiger partial charge in [0.15, 0.2) is 0 Å². The fourth-order valence-corrected chi connectivity index (χ4v) is 11.3. The Balaban J connectivity index is 1.08. The zero-order valence-corrected chi connectivity index (χ0v) is 34.0. The van der Waals surface area contributed by atoms with Crippen LogP contribution in [-0.2, 0) is 14.2 Å². The fourth-order valence-electron chi connectivity index (χ4n) is 11.3. The van der Waals surface area contributed by atoms with Crippen molar-refractivity contribution in [2.75, 3.05) is 47.1 Å². The summed E-state index contributed by atoms with van der Waals surface area (Å²) in [4.78, 5) is 2.24. The van der Waals surface area contributed by atoms with Gasteiger partial charge in [0, 0.05) is 19.8 Å². The summed E-state index contributed by atoms with van der Waals surface area (Å²) in [6.07, 6.45) is 29.9. The van der Waals surface area contributed by atoms with Gasteiger partial charge in [-0.25, -0.2) is 0 Å². The maximum absolute atomic E-state index is 6.56. The third-order valence-corrected chi connectivity index (χ3v) is 14.5. The Morgan fingerprint density at radius 3 is 2.10 bits per heavy atom. The minimum atomic E-state index is 0.354. The maximum Gasteiger partial charge on any atom is 0.0644 e. The predicted molar refractivity (Wildman–Crippen MR) is 209 cm³/mol. The van der Waals surface area contributed by atoms with Gasteiger partial charge in [0.2, 0.25) is 0 Å². The van der Waals surface area contributed by atoms with Gasteiger partial charge in [0.1, 0.15) is 0 Å². The fraction of sp³-hybridized carbons (Fsp3) is 0.956. The van der Waals surface area contributed by atoms with Gasteiger partial charge < -0.3 is 19.1 Å². The highest BCUT2D eigenvalue weighted by Gasteiger charge is 2.59. The smallest absolute Gasteiger partial charge is 0.0644 e. The molecule has 3 fully saturated rings. The minimum absolute atomic E-state index is 0.354. The van der Waals surface area contributed by atoms with Crippen molar-refractivity contribution >= 4 is 0 Å². The van der Waals surface area contributed by atoms with Crippen molar-refractivity contribution in [2.24, 2.45) is 46.3 Å². The van der Waals surface area contributed by atoms with Crippen LogP contribution in [0.1, 0.15) is 170 Å². The molecule has 3 unspecified atom stereocenters. The van der Waals surface area contributed by atoms with E-state index in [2.05, 4.69) is 66.6 Å². The van der Waals surface area contributed by atoms with Crippen molar-refractivity contribution in [3.8, 4) is 0 Å². The molecule has 4 aliphatic carbocycles. The van der Waals surface area contributed by atoms with Gasteiger partial charge in [0.25, 0.3) is 0 Å². The molecule has 0 radical (unpaired) electrons. The minimum Gasteiger partial charge on any atom is -0.380 e. The summed E-state index contributed by atoms with van der Waals surface area (Å²) in [5.41, 5.74) is 2.81. The molecule has 49 heavy (non-hydrogen) atoms. The molecule has 0 amide bonds. The third-order valence-electron chi connectivity index (χ3n) is 14.5. The van der Waals surface area contributed by atoms with E-state index in [1.54, 1.807) is 5.57 Å². The molecule has 9 atom stereocenters. The molecular weight excluding hydrogens is 602 g/mol. The van der Waals surface area contributed by atoms with Gasteiger partial charge >= 0.3 is 0 Å². The van der Waals surface area contributed by atoms with Crippen LogP contribution in [0.3, 0.4) is 0 Å². The van der Waals surface area contributed by atoms with Crippen LogP contribution in [0.15, 0.2) is 11.6 Å². The zero-order chi connectivity index (χ0) is 35.3. The van der Waals surface area contributed by atoms with Crippen LogP contribution in [0.25, 0.3) is 0 Å². The first-order valence-corrected chi connectivity index (χ1v) is 21.7. The Morgan fingerprint density at radius 2 is 1.43 bits per heavy atom. The Kier molecular flexibility index (Phi) is 17.5. The first-order valence-electron chi connectivity index (χ1n) is 21.7. The van der Waals surface area contributed by atoms with Crippen molar-refractivity contribution in [3.63, 3.8) is 0 Å². The monoisotopic (exact) mass is 686 g/mol. The molecule has 0 spiro atoms. The second kappa shape index (κ2) is 20.7. The highest BCUT2D eigenvalue weighted by Crippen LogP contribution is 2.67. The number of allylic oxidation sites excluding steroid dienone is 1. The molecule has 4 heteroatoms. The van der Waals surface area contributed by atoms with Gasteiger partial charge in [-0.1, -0.05) is 111 Å². The van der Waals surface area contributed by atoms with Crippen molar-refractivity contribution in [3.05, 3.63) is 11.6 Å². The standard InChI is InChI=1S/C45H83NO3/c1-9-10-15-29-47-33-38(46(7)8)34-48-30-16-13-11-12-14-17-31-49-39-25-27-44(5)37(32-39)21-22-40-42-24-23-41(36(4)20-18-19-35(2)3)45(42,6)28-26-43(40)44/h21,35-36,38-43H,9-20,22-34H2,1-8H3/t36-,38-,39+,40+,41?,42?,43?,44+,45-/m1/s1. The lowest BCUT2D eigenvalue weighted by atomic mass is 9.47. The van der Waals surface area contributed by atoms with Gasteiger partial charge in [-0.3, -0.25) is 0 Å². The molecule has 0 aromatic rings. The second-order valence-electron chi connectivity index (χ2n) is 18.6. The molecule has 4 nitrogen and oxygen atoms in total. The van der Waals surface area contributed by atoms with E-state index in [-0.39, 0.29) is 0 Å². The number of hydrogen-bond acceptors (Lipinski definition) is 4. The lowest BCUT2D eigenvalue weighted by Crippen LogP contribution is -2.51. The van der Waals surface area contributed by atoms with E-state index in [0.29, 0.717) is 23.0 Å². The molecule has 0 N–H and O–H groups in total. The highest BCUT2D eigenvalue weighted by atomic mass is 16.5. The van der Waals surface area contributed by atoms with Gasteiger partial charge in [0.05, 0.1) is 25.4 Å². The van der Waals surface area contributed by atoms with Gasteiger partial charge in [-0.15, -0.1) is 0 Å². The number of ether oxygens (including phenoxy) is 3. The lowest BCUT2D eigenvalue weighted by molar-refractivity contribution is -0.0641. The van der Waals surface area contributed by atoms with E-state index in [9.17, 15) is 0 Å². The molecule has 0 aromatic carbocycles. The molecule has 0 saturated heterocycles. The first kappa shape index (κ1) is 41.3. The van der Waals surface area contributed by atoms with Gasteiger partial charge in [-0.2, -0.15) is 0 Å². The van der Waals surface area contributed by atoms with Crippen molar-refractivity contribution in [2.45, 2.75) is 182 Å². The molecule has 3 saturated carbocycles. The number of unbranched alkanes of at least 4 members (excludes halogenated alkanes) is 7. The molecule has 0 heterocycles. The van der Waals surface area contributed by atoms with Crippen LogP contribution in [0.2, 0.25) is 0 Å². The lowest BCUT2D eigenvalue weighted by Gasteiger charge is -2.58. The largest absolute Gasteiger partial charge is 0.380 e. The summed E-state index contributed by atoms with van der Waals surface area (Å²) < 4.78 is 18.5. The van der Waals surface area contributed by atoms with Gasteiger partial charge in [-0.05, 0) is 131 Å². The second-order valence-corrected chi connectivity index (χ2v) is 18.6. The summed E-state index contributed by atoms with van der Waals surface area (Å²) in [7, 11) is 4.26. The van der Waals surface area contributed by atoms with E-state index >= 15 is 0 Å². The topological polar surface area (TPSA) is 30.9 Å². The summed E-state index contributed by atoms with van der Waals surface area (Å²) in [6.45, 7) is 19.3. The normalized spacial score (nSPS) is 32.5. The van der Waals surface area contributed by atoms with E-state index < -0.39 is 0 Å². The van der Waals surface area contributed by atoms with E-state index in [0.717, 1.165) is 68.5 Å². The molecular formula is C45H83NO3. The van der Waals surface area contributed by atoms with Crippen LogP contribution in [-0.4, -0.2) is 64.2 Å². The number of rotatable bonds is 24. The Hall–Kier alpha value is -0.420. The molecule has 4 aliphatic rings. The number of likely N-dealkylation sites (N-methyl/N-ethyl adjacent to an activating group) is 1. The number of nitrogens with zero attached hydrogens (tertiary/aromatic N) is 1. The SMILES string of the molecule is CCCCCOC[C@H](COCCCCCCCCO[C@H]1CC[C@@]2(C)C(=CC[C@H]3C4CCC([C@H](C)CCCC(C)C)[C@@]4(C)CCC32)C1)N(C)C. The summed E-state index contributed by atoms with van der Waals surface area (Å²) in [6, 6.07) is 0.354. The predicted octanol–water partition coefficient (Wildman–Crippen LogP) is 11.9. The summed E-state index contributed by atoms with van der Waals surface area (Å²) in [5, 5.41) is 0. The molecule has 286 valence electrons. The van der Waals surface area contributed by atoms with Crippen molar-refractivity contribution < 1.29 is 14.2 Å². The Labute approximate surface area is 305 Å². The average Bonchev–Trinajstić information content (AvgIpc) is 3.43. The third kappa shape index (κ3) is 11.5. The zero-order valence-electron chi connectivity index (χ0n) is 34.0. The van der Waals surface area contributed by atoms with E-state index in [1.807, 2.05) is 0 Å². The molecule has 0 bridgehead atoms. The molecule has 4 rings (SSSR count). The summed E-state index contributed by atoms with van der Waals surface area (Å²) in [5.74, 6) is 5.51. The average molecular weight is 686 g/mol. The Bertz CT molecular complexity index is 948. The first-order chi connectivity index (χ1) is 23.6. The van der Waals surface area contributed by atoms with Crippen LogP contribution in [0.4, 0.5) is 0 Å². The van der Waals surface area contributed by atoms with Crippen LogP contribution < -0.4 is 0 Å². The number of fused-ring (bicyclic) bond motifs is 5. The molecule has 0 aliphatic heterocycles. The van der Waals surface area contributed by atoms with E-state index in [4.69, 9.17) is 14.2 Å². The highest BCUT2D eigenvalue weighted by molar-refractivity contribution is 5.25. The van der Waals surface area contributed by atoms with Crippen molar-refractivity contribution in [1.82, 2.24) is 4.90 Å². The number of hydrogen-bond donors (Lipinski definition) is 0. The maximum atomic E-state index is 6.56. The Morgan fingerprint density at radius 1 is 0.755 bits per heavy atom. The van der Waals surface area contributed by atoms with Crippen LogP contribution in [0, 0.1) is 46.3 Å². The van der Waals surface area contributed by atoms with Crippen LogP contribution >= 0.6 is 0 Å². The van der Waals surface area contributed by atoms with E-state index in [1.165, 1.54) is 128 Å². The quantitative estimate of drug-likeness (QED) is 0.0747. The van der Waals surface area contributed by atoms with Crippen LogP contribution in [0.5, 0.6) is 0 Å². The summed E-state index contributed by atoms with van der Waals surface area (Å²) >= 11 is 0. The van der Waals surface area contributed by atoms with Crippen molar-refractivity contribution in [1.29, 1.82) is 0 Å².